The second kappa shape index (κ2) is 16.8. The Morgan fingerprint density at radius 1 is 1.14 bits per heavy atom. The lowest BCUT2D eigenvalue weighted by Gasteiger charge is -2.21. The Labute approximate surface area is 153 Å². The molecule has 0 unspecified atom stereocenters. The molecule has 0 rings (SSSR count). The molecular weight excluding hydrogens is 393 g/mol. The van der Waals surface area contributed by atoms with Crippen LogP contribution in [0.3, 0.4) is 0 Å². The first-order valence-corrected chi connectivity index (χ1v) is 8.21. The van der Waals surface area contributed by atoms with Crippen molar-refractivity contribution in [2.45, 2.75) is 58.8 Å². The van der Waals surface area contributed by atoms with Gasteiger partial charge in [-0.15, -0.1) is 24.0 Å². The fraction of sp³-hybridized carbons (Fsp3) is 0.875. The van der Waals surface area contributed by atoms with E-state index in [1.165, 1.54) is 20.0 Å². The second-order valence-electron chi connectivity index (χ2n) is 5.25. The molecule has 22 heavy (non-hydrogen) atoms. The Morgan fingerprint density at radius 3 is 2.41 bits per heavy atom. The standard InChI is InChI=1S/C16H33N3O2.HI/c1-5-7-14-19(3)16(17-6-2)18-13-11-9-8-10-12-15(20)21-4;/h5-14H2,1-4H3,(H,17,18);1H. The summed E-state index contributed by atoms with van der Waals surface area (Å²) in [6.45, 7) is 7.08. The van der Waals surface area contributed by atoms with Crippen LogP contribution >= 0.6 is 24.0 Å². The molecule has 0 bridgehead atoms. The summed E-state index contributed by atoms with van der Waals surface area (Å²) in [5.74, 6) is 0.889. The molecule has 0 atom stereocenters. The van der Waals surface area contributed by atoms with Crippen molar-refractivity contribution < 1.29 is 9.53 Å². The van der Waals surface area contributed by atoms with Crippen molar-refractivity contribution in [2.24, 2.45) is 4.99 Å². The molecule has 0 heterocycles. The normalized spacial score (nSPS) is 10.8. The van der Waals surface area contributed by atoms with Gasteiger partial charge in [0, 0.05) is 33.1 Å². The van der Waals surface area contributed by atoms with Gasteiger partial charge in [-0.3, -0.25) is 9.79 Å². The summed E-state index contributed by atoms with van der Waals surface area (Å²) in [6.07, 6.45) is 7.07. The van der Waals surface area contributed by atoms with Crippen molar-refractivity contribution in [3.8, 4) is 0 Å². The molecule has 0 amide bonds. The molecule has 0 spiro atoms. The van der Waals surface area contributed by atoms with E-state index < -0.39 is 0 Å². The summed E-state index contributed by atoms with van der Waals surface area (Å²) in [6, 6.07) is 0. The Kier molecular flexibility index (Phi) is 18.2. The third kappa shape index (κ3) is 13.2. The van der Waals surface area contributed by atoms with E-state index in [0.29, 0.717) is 6.42 Å². The first-order chi connectivity index (χ1) is 10.2. The molecule has 0 fully saturated rings. The first kappa shape index (κ1) is 23.7. The highest BCUT2D eigenvalue weighted by molar-refractivity contribution is 14.0. The number of esters is 1. The Morgan fingerprint density at radius 2 is 1.82 bits per heavy atom. The molecule has 0 aliphatic rings. The van der Waals surface area contributed by atoms with E-state index in [0.717, 1.165) is 51.3 Å². The van der Waals surface area contributed by atoms with Crippen molar-refractivity contribution in [1.29, 1.82) is 0 Å². The van der Waals surface area contributed by atoms with Crippen LogP contribution in [0.2, 0.25) is 0 Å². The topological polar surface area (TPSA) is 53.9 Å². The minimum atomic E-state index is -0.111. The third-order valence-electron chi connectivity index (χ3n) is 3.32. The molecule has 1 N–H and O–H groups in total. The zero-order chi connectivity index (χ0) is 15.9. The van der Waals surface area contributed by atoms with E-state index in [1.54, 1.807) is 0 Å². The smallest absolute Gasteiger partial charge is 0.305 e. The predicted molar refractivity (Wildman–Crippen MR) is 104 cm³/mol. The maximum absolute atomic E-state index is 11.0. The van der Waals surface area contributed by atoms with Crippen molar-refractivity contribution in [2.75, 3.05) is 33.8 Å². The number of halogens is 1. The number of nitrogens with one attached hydrogen (secondary N) is 1. The predicted octanol–water partition coefficient (Wildman–Crippen LogP) is 3.43. The number of carbonyl (C=O) groups is 1. The Hall–Kier alpha value is -0.530. The molecule has 0 aromatic heterocycles. The number of ether oxygens (including phenoxy) is 1. The highest BCUT2D eigenvalue weighted by Gasteiger charge is 2.04. The average Bonchev–Trinajstić information content (AvgIpc) is 2.50. The van der Waals surface area contributed by atoms with E-state index >= 15 is 0 Å². The zero-order valence-electron chi connectivity index (χ0n) is 14.7. The second-order valence-corrected chi connectivity index (χ2v) is 5.25. The van der Waals surface area contributed by atoms with Crippen LogP contribution in [0.25, 0.3) is 0 Å². The van der Waals surface area contributed by atoms with Gasteiger partial charge >= 0.3 is 5.97 Å². The molecule has 0 aliphatic carbocycles. The molecule has 0 saturated heterocycles. The lowest BCUT2D eigenvalue weighted by atomic mass is 10.1. The minimum absolute atomic E-state index is 0. The zero-order valence-corrected chi connectivity index (χ0v) is 17.0. The number of hydrogen-bond acceptors (Lipinski definition) is 3. The highest BCUT2D eigenvalue weighted by atomic mass is 127. The van der Waals surface area contributed by atoms with Gasteiger partial charge in [0.1, 0.15) is 0 Å². The fourth-order valence-corrected chi connectivity index (χ4v) is 1.99. The van der Waals surface area contributed by atoms with Gasteiger partial charge in [0.2, 0.25) is 0 Å². The fourth-order valence-electron chi connectivity index (χ4n) is 1.99. The molecular formula is C16H34IN3O2. The quantitative estimate of drug-likeness (QED) is 0.181. The first-order valence-electron chi connectivity index (χ1n) is 8.21. The van der Waals surface area contributed by atoms with Crippen molar-refractivity contribution >= 4 is 35.9 Å². The van der Waals surface area contributed by atoms with Gasteiger partial charge < -0.3 is 15.0 Å². The highest BCUT2D eigenvalue weighted by Crippen LogP contribution is 2.04. The summed E-state index contributed by atoms with van der Waals surface area (Å²) in [4.78, 5) is 17.8. The van der Waals surface area contributed by atoms with Gasteiger partial charge in [0.25, 0.3) is 0 Å². The van der Waals surface area contributed by atoms with Crippen molar-refractivity contribution in [3.05, 3.63) is 0 Å². The Balaban J connectivity index is 0. The van der Waals surface area contributed by atoms with Gasteiger partial charge in [-0.25, -0.2) is 0 Å². The Bertz CT molecular complexity index is 299. The van der Waals surface area contributed by atoms with Gasteiger partial charge in [0.05, 0.1) is 7.11 Å². The molecule has 6 heteroatoms. The monoisotopic (exact) mass is 427 g/mol. The van der Waals surface area contributed by atoms with Crippen LogP contribution < -0.4 is 5.32 Å². The number of hydrogen-bond donors (Lipinski definition) is 1. The molecule has 0 aromatic rings. The summed E-state index contributed by atoms with van der Waals surface area (Å²) >= 11 is 0. The number of aliphatic imine (C=N–C) groups is 1. The van der Waals surface area contributed by atoms with Crippen LogP contribution in [0.15, 0.2) is 4.99 Å². The lowest BCUT2D eigenvalue weighted by molar-refractivity contribution is -0.140. The minimum Gasteiger partial charge on any atom is -0.469 e. The maximum atomic E-state index is 11.0. The van der Waals surface area contributed by atoms with Gasteiger partial charge in [0.15, 0.2) is 5.96 Å². The number of methoxy groups -OCH3 is 1. The third-order valence-corrected chi connectivity index (χ3v) is 3.32. The van der Waals surface area contributed by atoms with Gasteiger partial charge in [-0.2, -0.15) is 0 Å². The molecule has 5 nitrogen and oxygen atoms in total. The summed E-state index contributed by atoms with van der Waals surface area (Å²) in [5.41, 5.74) is 0. The van der Waals surface area contributed by atoms with Crippen LogP contribution in [0.5, 0.6) is 0 Å². The summed E-state index contributed by atoms with van der Waals surface area (Å²) < 4.78 is 4.62. The average molecular weight is 427 g/mol. The van der Waals surface area contributed by atoms with Gasteiger partial charge in [-0.05, 0) is 26.2 Å². The molecule has 0 radical (unpaired) electrons. The molecule has 0 saturated carbocycles. The van der Waals surface area contributed by atoms with Crippen LogP contribution in [0.4, 0.5) is 0 Å². The van der Waals surface area contributed by atoms with E-state index in [4.69, 9.17) is 0 Å². The van der Waals surface area contributed by atoms with E-state index in [2.05, 4.69) is 40.8 Å². The number of nitrogens with zero attached hydrogens (tertiary/aromatic N) is 2. The molecule has 0 aromatic carbocycles. The van der Waals surface area contributed by atoms with E-state index in [9.17, 15) is 4.79 Å². The molecule has 132 valence electrons. The SMILES string of the molecule is CCCCN(C)C(=NCCCCCCC(=O)OC)NCC.I. The van der Waals surface area contributed by atoms with Gasteiger partial charge in [-0.1, -0.05) is 26.2 Å². The maximum Gasteiger partial charge on any atom is 0.305 e. The van der Waals surface area contributed by atoms with Crippen LogP contribution in [0, 0.1) is 0 Å². The van der Waals surface area contributed by atoms with Crippen molar-refractivity contribution in [3.63, 3.8) is 0 Å². The lowest BCUT2D eigenvalue weighted by Crippen LogP contribution is -2.39. The number of unbranched alkanes of at least 4 members (excludes halogenated alkanes) is 4. The van der Waals surface area contributed by atoms with E-state index in [-0.39, 0.29) is 29.9 Å². The van der Waals surface area contributed by atoms with Crippen LogP contribution in [0.1, 0.15) is 58.8 Å². The molecule has 0 aliphatic heterocycles. The van der Waals surface area contributed by atoms with Crippen LogP contribution in [-0.4, -0.2) is 50.6 Å². The van der Waals surface area contributed by atoms with Crippen molar-refractivity contribution in [1.82, 2.24) is 10.2 Å². The number of carbonyl (C=O) groups excluding carboxylic acids is 1. The summed E-state index contributed by atoms with van der Waals surface area (Å²) in [5, 5.41) is 3.33. The summed E-state index contributed by atoms with van der Waals surface area (Å²) in [7, 11) is 3.53. The van der Waals surface area contributed by atoms with E-state index in [1.807, 2.05) is 0 Å². The largest absolute Gasteiger partial charge is 0.469 e. The number of guanidine groups is 1. The number of rotatable bonds is 11. The van der Waals surface area contributed by atoms with Crippen LogP contribution in [-0.2, 0) is 9.53 Å².